The number of unbranched alkanes of at least 4 members (excludes halogenated alkanes) is 1. The van der Waals surface area contributed by atoms with Gasteiger partial charge in [-0.1, -0.05) is 34.1 Å². The van der Waals surface area contributed by atoms with Gasteiger partial charge in [-0.05, 0) is 90.1 Å². The molecule has 0 aromatic carbocycles. The van der Waals surface area contributed by atoms with Crippen LogP contribution in [0.3, 0.4) is 0 Å². The summed E-state index contributed by atoms with van der Waals surface area (Å²) in [5.74, 6) is -0.750. The third-order valence-electron chi connectivity index (χ3n) is 6.06. The van der Waals surface area contributed by atoms with Crippen molar-refractivity contribution in [1.82, 2.24) is 10.6 Å². The summed E-state index contributed by atoms with van der Waals surface area (Å²) in [4.78, 5) is 38.5. The third kappa shape index (κ3) is 17.0. The molecule has 230 valence electrons. The molecule has 0 saturated carbocycles. The quantitative estimate of drug-likeness (QED) is 0.132. The van der Waals surface area contributed by atoms with Gasteiger partial charge in [0.25, 0.3) is 0 Å². The average molecular weight is 621 g/mol. The average Bonchev–Trinajstić information content (AvgIpc) is 2.69. The molecule has 0 fully saturated rings. The Kier molecular flexibility index (Phi) is 15.8. The van der Waals surface area contributed by atoms with Gasteiger partial charge < -0.3 is 23.0 Å². The third-order valence-corrected chi connectivity index (χ3v) is 19.6. The van der Waals surface area contributed by atoms with Gasteiger partial charge >= 0.3 is 17.1 Å². The van der Waals surface area contributed by atoms with Crippen molar-refractivity contribution in [3.63, 3.8) is 0 Å². The van der Waals surface area contributed by atoms with Crippen LogP contribution in [0.25, 0.3) is 0 Å². The summed E-state index contributed by atoms with van der Waals surface area (Å²) in [6.45, 7) is 29.6. The van der Waals surface area contributed by atoms with Crippen LogP contribution in [0.2, 0.25) is 65.0 Å². The number of hydrogen-bond donors (Lipinski definition) is 2. The van der Waals surface area contributed by atoms with Crippen molar-refractivity contribution in [2.45, 2.75) is 131 Å². The number of hydrogen-bond acceptors (Lipinski definition) is 6. The monoisotopic (exact) mass is 620 g/mol. The summed E-state index contributed by atoms with van der Waals surface area (Å²) in [6, 6.07) is 0.197. The number of carbonyl (C=O) groups excluding carboxylic acids is 3. The predicted octanol–water partition coefficient (Wildman–Crippen LogP) is 6.16. The lowest BCUT2D eigenvalue weighted by molar-refractivity contribution is -0.133. The van der Waals surface area contributed by atoms with Gasteiger partial charge in [0.2, 0.25) is 11.8 Å². The number of amides is 2. The van der Waals surface area contributed by atoms with Gasteiger partial charge in [0, 0.05) is 25.3 Å². The summed E-state index contributed by atoms with van der Waals surface area (Å²) in [7, 11) is -8.47. The van der Waals surface area contributed by atoms with E-state index in [2.05, 4.69) is 69.6 Å². The van der Waals surface area contributed by atoms with Crippen LogP contribution in [0.4, 0.5) is 0 Å². The molecule has 0 aromatic heterocycles. The maximum atomic E-state index is 13.1. The number of rotatable bonds is 19. The Morgan fingerprint density at radius 1 is 0.744 bits per heavy atom. The molecule has 8 nitrogen and oxygen atoms in total. The first-order valence-electron chi connectivity index (χ1n) is 14.7. The standard InChI is InChI=1S/C27H60N2O6Si4/c1-15-28-27(32)23(21(2)3)20-24(30)26(22(4)5)29-25(31)18-16-17-19-39(14,34-37(9,10)11)35-38(12,13)33-36(6,7)8/h21-23,26H,15-20H2,1-14H3,(H,28,32)(H,29,31). The highest BCUT2D eigenvalue weighted by molar-refractivity contribution is 6.89. The molecule has 2 N–H and O–H groups in total. The lowest BCUT2D eigenvalue weighted by Gasteiger charge is -2.41. The topological polar surface area (TPSA) is 103 Å². The molecule has 39 heavy (non-hydrogen) atoms. The molecule has 3 atom stereocenters. The first-order chi connectivity index (χ1) is 17.5. The number of ketones is 1. The van der Waals surface area contributed by atoms with Crippen molar-refractivity contribution in [2.24, 2.45) is 17.8 Å². The molecular formula is C27H60N2O6Si4. The Balaban J connectivity index is 5.19. The Bertz CT molecular complexity index is 796. The largest absolute Gasteiger partial charge is 0.437 e. The van der Waals surface area contributed by atoms with Crippen molar-refractivity contribution in [2.75, 3.05) is 6.54 Å². The molecule has 0 aliphatic carbocycles. The number of carbonyl (C=O) groups is 3. The number of nitrogens with one attached hydrogen (secondary N) is 2. The molecule has 0 spiro atoms. The smallest absolute Gasteiger partial charge is 0.315 e. The SMILES string of the molecule is CCNC(=O)C(CC(=O)C(NC(=O)CCCC[Si](C)(O[Si](C)(C)C)O[Si](C)(C)O[Si](C)(C)C)C(C)C)C(C)C. The van der Waals surface area contributed by atoms with Crippen molar-refractivity contribution >= 4 is 51.4 Å². The minimum absolute atomic E-state index is 0.0345. The Morgan fingerprint density at radius 3 is 1.72 bits per heavy atom. The summed E-state index contributed by atoms with van der Waals surface area (Å²) < 4.78 is 19.8. The van der Waals surface area contributed by atoms with Crippen LogP contribution in [0, 0.1) is 17.8 Å². The van der Waals surface area contributed by atoms with Crippen molar-refractivity contribution < 1.29 is 26.7 Å². The van der Waals surface area contributed by atoms with Crippen LogP contribution < -0.4 is 10.6 Å². The molecule has 0 radical (unpaired) electrons. The van der Waals surface area contributed by atoms with Gasteiger partial charge in [0.15, 0.2) is 22.4 Å². The highest BCUT2D eigenvalue weighted by Gasteiger charge is 2.44. The minimum Gasteiger partial charge on any atom is -0.437 e. The molecular weight excluding hydrogens is 561 g/mol. The van der Waals surface area contributed by atoms with E-state index in [1.165, 1.54) is 0 Å². The van der Waals surface area contributed by atoms with E-state index in [1.54, 1.807) is 0 Å². The molecule has 0 rings (SSSR count). The van der Waals surface area contributed by atoms with Crippen LogP contribution in [0.1, 0.15) is 60.3 Å². The van der Waals surface area contributed by atoms with E-state index >= 15 is 0 Å². The van der Waals surface area contributed by atoms with Crippen molar-refractivity contribution in [1.29, 1.82) is 0 Å². The number of Topliss-reactive ketones (excluding diaryl/α,β-unsaturated/α-hetero) is 1. The predicted molar refractivity (Wildman–Crippen MR) is 171 cm³/mol. The maximum absolute atomic E-state index is 13.1. The Labute approximate surface area is 243 Å². The second kappa shape index (κ2) is 16.1. The summed E-state index contributed by atoms with van der Waals surface area (Å²) in [6.07, 6.45) is 1.96. The Morgan fingerprint density at radius 2 is 1.28 bits per heavy atom. The van der Waals surface area contributed by atoms with E-state index in [-0.39, 0.29) is 35.9 Å². The highest BCUT2D eigenvalue weighted by atomic mass is 28.5. The first kappa shape index (κ1) is 38.4. The lowest BCUT2D eigenvalue weighted by Crippen LogP contribution is -2.56. The van der Waals surface area contributed by atoms with E-state index in [0.29, 0.717) is 19.4 Å². The van der Waals surface area contributed by atoms with Crippen LogP contribution >= 0.6 is 0 Å². The van der Waals surface area contributed by atoms with Crippen LogP contribution in [0.5, 0.6) is 0 Å². The molecule has 0 bridgehead atoms. The molecule has 2 amide bonds. The van der Waals surface area contributed by atoms with Crippen molar-refractivity contribution in [3.8, 4) is 0 Å². The highest BCUT2D eigenvalue weighted by Crippen LogP contribution is 2.28. The minimum atomic E-state index is -2.51. The van der Waals surface area contributed by atoms with Crippen molar-refractivity contribution in [3.05, 3.63) is 0 Å². The van der Waals surface area contributed by atoms with Gasteiger partial charge in [-0.15, -0.1) is 0 Å². The first-order valence-corrected chi connectivity index (χ1v) is 26.9. The molecule has 0 aliphatic heterocycles. The molecule has 0 saturated heterocycles. The van der Waals surface area contributed by atoms with Gasteiger partial charge in [-0.25, -0.2) is 0 Å². The zero-order valence-electron chi connectivity index (χ0n) is 27.5. The van der Waals surface area contributed by atoms with E-state index in [9.17, 15) is 14.4 Å². The molecule has 0 aliphatic rings. The summed E-state index contributed by atoms with van der Waals surface area (Å²) >= 11 is 0. The normalized spacial score (nSPS) is 16.1. The second-order valence-electron chi connectivity index (χ2n) is 14.0. The fourth-order valence-corrected chi connectivity index (χ4v) is 23.0. The van der Waals surface area contributed by atoms with Crippen LogP contribution in [0.15, 0.2) is 0 Å². The summed E-state index contributed by atoms with van der Waals surface area (Å²) in [5, 5.41) is 5.79. The molecule has 0 heterocycles. The van der Waals surface area contributed by atoms with Gasteiger partial charge in [0.1, 0.15) is 0 Å². The van der Waals surface area contributed by atoms with Gasteiger partial charge in [0.05, 0.1) is 6.04 Å². The van der Waals surface area contributed by atoms with Crippen LogP contribution in [-0.4, -0.2) is 63.9 Å². The zero-order chi connectivity index (χ0) is 30.8. The second-order valence-corrected chi connectivity index (χ2v) is 30.4. The van der Waals surface area contributed by atoms with Gasteiger partial charge in [-0.3, -0.25) is 14.4 Å². The Hall–Kier alpha value is -0.642. The fourth-order valence-electron chi connectivity index (χ4n) is 4.93. The van der Waals surface area contributed by atoms with E-state index < -0.39 is 45.7 Å². The van der Waals surface area contributed by atoms with Gasteiger partial charge in [-0.2, -0.15) is 0 Å². The fraction of sp³-hybridized carbons (Fsp3) is 0.889. The maximum Gasteiger partial charge on any atom is 0.315 e. The lowest BCUT2D eigenvalue weighted by atomic mass is 9.85. The van der Waals surface area contributed by atoms with Crippen LogP contribution in [-0.2, 0) is 26.7 Å². The molecule has 12 heteroatoms. The van der Waals surface area contributed by atoms with E-state index in [0.717, 1.165) is 12.5 Å². The van der Waals surface area contributed by atoms with E-state index in [1.807, 2.05) is 34.6 Å². The summed E-state index contributed by atoms with van der Waals surface area (Å²) in [5.41, 5.74) is 0. The molecule has 0 aromatic rings. The van der Waals surface area contributed by atoms with E-state index in [4.69, 9.17) is 12.3 Å². The zero-order valence-corrected chi connectivity index (χ0v) is 31.5. The molecule has 3 unspecified atom stereocenters.